The Bertz CT molecular complexity index is 1090. The third kappa shape index (κ3) is 8.17. The van der Waals surface area contributed by atoms with Crippen molar-refractivity contribution in [3.8, 4) is 11.5 Å². The van der Waals surface area contributed by atoms with E-state index < -0.39 is 16.1 Å². The van der Waals surface area contributed by atoms with E-state index >= 15 is 0 Å². The summed E-state index contributed by atoms with van der Waals surface area (Å²) < 4.78 is 36.5. The second-order valence-corrected chi connectivity index (χ2v) is 9.99. The lowest BCUT2D eigenvalue weighted by Gasteiger charge is -2.29. The number of methoxy groups -OCH3 is 2. The number of nitrogens with zero attached hydrogens (tertiary/aromatic N) is 2. The lowest BCUT2D eigenvalue weighted by Crippen LogP contribution is -2.47. The first-order valence-electron chi connectivity index (χ1n) is 11.4. The van der Waals surface area contributed by atoms with Crippen LogP contribution in [0.4, 0.5) is 5.69 Å². The molecule has 35 heavy (non-hydrogen) atoms. The predicted octanol–water partition coefficient (Wildman–Crippen LogP) is 2.80. The van der Waals surface area contributed by atoms with Gasteiger partial charge in [-0.25, -0.2) is 8.42 Å². The number of hydrogen-bond acceptors (Lipinski definition) is 6. The van der Waals surface area contributed by atoms with Crippen LogP contribution in [0, 0.1) is 0 Å². The molecule has 2 aromatic rings. The molecule has 0 unspecified atom stereocenters. The fourth-order valence-corrected chi connectivity index (χ4v) is 4.56. The molecule has 0 aliphatic carbocycles. The molecule has 0 heterocycles. The van der Waals surface area contributed by atoms with Crippen LogP contribution >= 0.6 is 0 Å². The molecule has 0 aliphatic heterocycles. The summed E-state index contributed by atoms with van der Waals surface area (Å²) in [4.78, 5) is 27.3. The molecule has 10 heteroatoms. The third-order valence-corrected chi connectivity index (χ3v) is 6.72. The molecule has 0 aromatic heterocycles. The Morgan fingerprint density at radius 1 is 1.03 bits per heavy atom. The number of anilines is 1. The smallest absolute Gasteiger partial charge is 0.242 e. The highest BCUT2D eigenvalue weighted by atomic mass is 32.2. The molecule has 0 saturated heterocycles. The summed E-state index contributed by atoms with van der Waals surface area (Å²) in [5, 5.41) is 2.76. The molecule has 1 N–H and O–H groups in total. The molecule has 2 amide bonds. The molecule has 0 fully saturated rings. The van der Waals surface area contributed by atoms with Crippen molar-refractivity contribution in [3.63, 3.8) is 0 Å². The van der Waals surface area contributed by atoms with E-state index in [1.54, 1.807) is 50.4 Å². The molecule has 2 rings (SSSR count). The van der Waals surface area contributed by atoms with Crippen LogP contribution in [-0.2, 0) is 26.2 Å². The Hall–Kier alpha value is -3.27. The van der Waals surface area contributed by atoms with Gasteiger partial charge in [0.1, 0.15) is 17.5 Å². The van der Waals surface area contributed by atoms with Gasteiger partial charge < -0.3 is 19.7 Å². The molecule has 0 radical (unpaired) electrons. The lowest BCUT2D eigenvalue weighted by atomic mass is 10.1. The summed E-state index contributed by atoms with van der Waals surface area (Å²) in [7, 11) is -0.490. The van der Waals surface area contributed by atoms with Crippen molar-refractivity contribution >= 4 is 27.5 Å². The van der Waals surface area contributed by atoms with Gasteiger partial charge >= 0.3 is 0 Å². The molecule has 9 nitrogen and oxygen atoms in total. The van der Waals surface area contributed by atoms with Gasteiger partial charge in [-0.2, -0.15) is 0 Å². The van der Waals surface area contributed by atoms with E-state index in [1.807, 2.05) is 19.1 Å². The average molecular weight is 506 g/mol. The molecule has 2 aromatic carbocycles. The Morgan fingerprint density at radius 2 is 1.69 bits per heavy atom. The maximum Gasteiger partial charge on any atom is 0.242 e. The van der Waals surface area contributed by atoms with E-state index in [1.165, 1.54) is 16.3 Å². The number of ether oxygens (including phenoxy) is 2. The molecule has 0 aliphatic rings. The third-order valence-electron chi connectivity index (χ3n) is 5.52. The minimum Gasteiger partial charge on any atom is -0.497 e. The Morgan fingerprint density at radius 3 is 2.26 bits per heavy atom. The second-order valence-electron chi connectivity index (χ2n) is 8.08. The van der Waals surface area contributed by atoms with Crippen LogP contribution < -0.4 is 19.1 Å². The quantitative estimate of drug-likeness (QED) is 0.449. The van der Waals surface area contributed by atoms with Crippen molar-refractivity contribution in [2.24, 2.45) is 0 Å². The van der Waals surface area contributed by atoms with Gasteiger partial charge in [-0.15, -0.1) is 0 Å². The number of carbonyl (C=O) groups is 2. The zero-order valence-corrected chi connectivity index (χ0v) is 21.8. The van der Waals surface area contributed by atoms with Gasteiger partial charge in [0.15, 0.2) is 0 Å². The van der Waals surface area contributed by atoms with Gasteiger partial charge in [0, 0.05) is 32.1 Å². The topological polar surface area (TPSA) is 105 Å². The van der Waals surface area contributed by atoms with E-state index in [0.29, 0.717) is 23.7 Å². The molecular weight excluding hydrogens is 470 g/mol. The van der Waals surface area contributed by atoms with Crippen LogP contribution in [0.5, 0.6) is 11.5 Å². The maximum atomic E-state index is 13.2. The highest BCUT2D eigenvalue weighted by Crippen LogP contribution is 2.24. The maximum absolute atomic E-state index is 13.2. The summed E-state index contributed by atoms with van der Waals surface area (Å²) in [5.74, 6) is 0.748. The van der Waals surface area contributed by atoms with Crippen LogP contribution in [0.15, 0.2) is 48.5 Å². The van der Waals surface area contributed by atoms with E-state index in [2.05, 4.69) is 5.32 Å². The number of amides is 2. The molecule has 1 atom stereocenters. The first-order chi connectivity index (χ1) is 16.6. The molecular formula is C25H35N3O6S. The average Bonchev–Trinajstić information content (AvgIpc) is 2.84. The van der Waals surface area contributed by atoms with Crippen LogP contribution in [-0.4, -0.2) is 64.7 Å². The molecule has 0 bridgehead atoms. The number of likely N-dealkylation sites (N-methyl/N-ethyl adjacent to an activating group) is 1. The van der Waals surface area contributed by atoms with Gasteiger partial charge in [-0.3, -0.25) is 13.9 Å². The molecule has 0 spiro atoms. The highest BCUT2D eigenvalue weighted by Gasteiger charge is 2.26. The fraction of sp³-hybridized carbons (Fsp3) is 0.440. The first kappa shape index (κ1) is 28.0. The molecule has 192 valence electrons. The van der Waals surface area contributed by atoms with Gasteiger partial charge in [-0.1, -0.05) is 18.2 Å². The lowest BCUT2D eigenvalue weighted by molar-refractivity contribution is -0.140. The Labute approximate surface area is 208 Å². The van der Waals surface area contributed by atoms with E-state index in [9.17, 15) is 18.0 Å². The summed E-state index contributed by atoms with van der Waals surface area (Å²) in [6.07, 6.45) is 1.49. The summed E-state index contributed by atoms with van der Waals surface area (Å²) in [6.45, 7) is 4.32. The van der Waals surface area contributed by atoms with Gasteiger partial charge in [-0.05, 0) is 50.1 Å². The van der Waals surface area contributed by atoms with Crippen LogP contribution in [0.1, 0.15) is 32.3 Å². The van der Waals surface area contributed by atoms with Crippen molar-refractivity contribution in [2.45, 2.75) is 39.3 Å². The van der Waals surface area contributed by atoms with Crippen LogP contribution in [0.3, 0.4) is 0 Å². The SMILES string of the molecule is CCNC(=O)[C@H](C)N(Cc1ccc(OC)cc1)C(=O)CCCN(c1cccc(OC)c1)S(C)(=O)=O. The van der Waals surface area contributed by atoms with Gasteiger partial charge in [0.2, 0.25) is 21.8 Å². The zero-order valence-electron chi connectivity index (χ0n) is 21.0. The summed E-state index contributed by atoms with van der Waals surface area (Å²) in [5.41, 5.74) is 1.31. The van der Waals surface area contributed by atoms with Crippen molar-refractivity contribution < 1.29 is 27.5 Å². The van der Waals surface area contributed by atoms with Crippen LogP contribution in [0.2, 0.25) is 0 Å². The minimum absolute atomic E-state index is 0.0793. The number of hydrogen-bond donors (Lipinski definition) is 1. The van der Waals surface area contributed by atoms with Crippen molar-refractivity contribution in [2.75, 3.05) is 37.9 Å². The van der Waals surface area contributed by atoms with Crippen LogP contribution in [0.25, 0.3) is 0 Å². The Kier molecular flexibility index (Phi) is 10.4. The number of rotatable bonds is 13. The predicted molar refractivity (Wildman–Crippen MR) is 136 cm³/mol. The zero-order chi connectivity index (χ0) is 26.0. The monoisotopic (exact) mass is 505 g/mol. The van der Waals surface area contributed by atoms with E-state index in [0.717, 1.165) is 11.8 Å². The fourth-order valence-electron chi connectivity index (χ4n) is 3.60. The van der Waals surface area contributed by atoms with Crippen molar-refractivity contribution in [1.82, 2.24) is 10.2 Å². The number of carbonyl (C=O) groups excluding carboxylic acids is 2. The highest BCUT2D eigenvalue weighted by molar-refractivity contribution is 7.92. The van der Waals surface area contributed by atoms with Crippen molar-refractivity contribution in [3.05, 3.63) is 54.1 Å². The van der Waals surface area contributed by atoms with E-state index in [-0.39, 0.29) is 37.7 Å². The van der Waals surface area contributed by atoms with E-state index in [4.69, 9.17) is 9.47 Å². The number of nitrogens with one attached hydrogen (secondary N) is 1. The number of benzene rings is 2. The van der Waals surface area contributed by atoms with Gasteiger partial charge in [0.05, 0.1) is 26.2 Å². The normalized spacial score (nSPS) is 11.9. The standard InChI is InChI=1S/C25H35N3O6S/c1-6-26-25(30)19(2)27(18-20-12-14-22(33-3)15-13-20)24(29)11-8-16-28(35(5,31)32)21-9-7-10-23(17-21)34-4/h7,9-10,12-15,17,19H,6,8,11,16,18H2,1-5H3,(H,26,30)/t19-/m0/s1. The summed E-state index contributed by atoms with van der Waals surface area (Å²) in [6, 6.07) is 13.4. The number of sulfonamides is 1. The summed E-state index contributed by atoms with van der Waals surface area (Å²) >= 11 is 0. The second kappa shape index (κ2) is 13.0. The largest absolute Gasteiger partial charge is 0.497 e. The minimum atomic E-state index is -3.58. The molecule has 0 saturated carbocycles. The van der Waals surface area contributed by atoms with Crippen molar-refractivity contribution in [1.29, 1.82) is 0 Å². The first-order valence-corrected chi connectivity index (χ1v) is 13.3. The Balaban J connectivity index is 2.16. The van der Waals surface area contributed by atoms with Gasteiger partial charge in [0.25, 0.3) is 0 Å².